The highest BCUT2D eigenvalue weighted by Crippen LogP contribution is 2.26. The van der Waals surface area contributed by atoms with Gasteiger partial charge in [-0.05, 0) is 29.7 Å². The van der Waals surface area contributed by atoms with Gasteiger partial charge in [0.15, 0.2) is 0 Å². The lowest BCUT2D eigenvalue weighted by Gasteiger charge is -2.08. The van der Waals surface area contributed by atoms with Crippen LogP contribution >= 0.6 is 0 Å². The number of carbonyl (C=O) groups is 1. The van der Waals surface area contributed by atoms with Crippen molar-refractivity contribution in [1.29, 1.82) is 0 Å². The van der Waals surface area contributed by atoms with Gasteiger partial charge in [-0.25, -0.2) is 0 Å². The van der Waals surface area contributed by atoms with Crippen molar-refractivity contribution in [1.82, 2.24) is 0 Å². The Hall–Kier alpha value is -2.30. The zero-order chi connectivity index (χ0) is 17.6. The molecule has 0 unspecified atom stereocenters. The van der Waals surface area contributed by atoms with Crippen molar-refractivity contribution in [2.75, 3.05) is 6.61 Å². The Kier molecular flexibility index (Phi) is 6.01. The van der Waals surface area contributed by atoms with Crippen LogP contribution in [0.25, 0.3) is 11.1 Å². The fraction of sp³-hybridized carbons (Fsp3) is 0.316. The van der Waals surface area contributed by atoms with Crippen molar-refractivity contribution >= 4 is 5.78 Å². The monoisotopic (exact) mass is 336 g/mol. The number of hydrogen-bond acceptors (Lipinski definition) is 2. The number of Topliss-reactive ketones (excluding diaryl/α,β-unsaturated/α-hetero) is 1. The van der Waals surface area contributed by atoms with Crippen molar-refractivity contribution in [3.63, 3.8) is 0 Å². The molecule has 0 radical (unpaired) electrons. The van der Waals surface area contributed by atoms with Gasteiger partial charge in [0, 0.05) is 5.56 Å². The zero-order valence-electron chi connectivity index (χ0n) is 13.4. The van der Waals surface area contributed by atoms with Crippen LogP contribution in [0, 0.1) is 0 Å². The highest BCUT2D eigenvalue weighted by Gasteiger charge is 2.39. The third-order valence-electron chi connectivity index (χ3n) is 3.61. The lowest BCUT2D eigenvalue weighted by molar-refractivity contribution is -0.0885. The van der Waals surface area contributed by atoms with Crippen molar-refractivity contribution in [3.05, 3.63) is 54.1 Å². The molecular formula is C19H19F3O2. The van der Waals surface area contributed by atoms with Gasteiger partial charge in [-0.3, -0.25) is 4.79 Å². The molecule has 0 bridgehead atoms. The highest BCUT2D eigenvalue weighted by molar-refractivity contribution is 6.00. The average Bonchev–Trinajstić information content (AvgIpc) is 2.58. The Labute approximate surface area is 139 Å². The fourth-order valence-corrected chi connectivity index (χ4v) is 2.26. The van der Waals surface area contributed by atoms with E-state index in [0.717, 1.165) is 36.1 Å². The van der Waals surface area contributed by atoms with Crippen LogP contribution in [0.15, 0.2) is 48.5 Å². The molecule has 24 heavy (non-hydrogen) atoms. The van der Waals surface area contributed by atoms with Crippen LogP contribution < -0.4 is 4.74 Å². The molecular weight excluding hydrogens is 317 g/mol. The zero-order valence-corrected chi connectivity index (χ0v) is 13.4. The number of ketones is 1. The van der Waals surface area contributed by atoms with E-state index in [4.69, 9.17) is 4.74 Å². The number of halogens is 3. The molecule has 2 aromatic rings. The SMILES string of the molecule is CCCCCOc1ccc(-c2ccc(C(=O)C(F)(F)F)cc2)cc1. The summed E-state index contributed by atoms with van der Waals surface area (Å²) in [4.78, 5) is 11.2. The molecule has 0 fully saturated rings. The van der Waals surface area contributed by atoms with Gasteiger partial charge in [-0.15, -0.1) is 0 Å². The van der Waals surface area contributed by atoms with Crippen LogP contribution in [-0.4, -0.2) is 18.6 Å². The van der Waals surface area contributed by atoms with E-state index in [1.165, 1.54) is 24.3 Å². The van der Waals surface area contributed by atoms with Gasteiger partial charge in [-0.1, -0.05) is 56.2 Å². The van der Waals surface area contributed by atoms with Gasteiger partial charge < -0.3 is 4.74 Å². The Balaban J connectivity index is 2.03. The van der Waals surface area contributed by atoms with Crippen LogP contribution in [0.4, 0.5) is 13.2 Å². The van der Waals surface area contributed by atoms with Crippen molar-refractivity contribution in [3.8, 4) is 16.9 Å². The summed E-state index contributed by atoms with van der Waals surface area (Å²) in [6.45, 7) is 2.80. The molecule has 0 amide bonds. The number of rotatable bonds is 7. The predicted molar refractivity (Wildman–Crippen MR) is 87.3 cm³/mol. The van der Waals surface area contributed by atoms with Crippen LogP contribution in [0.1, 0.15) is 36.5 Å². The molecule has 0 aromatic heterocycles. The molecule has 2 aromatic carbocycles. The molecule has 0 N–H and O–H groups in total. The van der Waals surface area contributed by atoms with Crippen LogP contribution in [0.2, 0.25) is 0 Å². The topological polar surface area (TPSA) is 26.3 Å². The minimum Gasteiger partial charge on any atom is -0.494 e. The van der Waals surface area contributed by atoms with Gasteiger partial charge in [-0.2, -0.15) is 13.2 Å². The second-order valence-corrected chi connectivity index (χ2v) is 5.48. The summed E-state index contributed by atoms with van der Waals surface area (Å²) in [5, 5.41) is 0. The molecule has 0 heterocycles. The Bertz CT molecular complexity index is 659. The third kappa shape index (κ3) is 4.85. The van der Waals surface area contributed by atoms with Crippen molar-refractivity contribution in [2.45, 2.75) is 32.4 Å². The summed E-state index contributed by atoms with van der Waals surface area (Å²) < 4.78 is 42.8. The highest BCUT2D eigenvalue weighted by atomic mass is 19.4. The third-order valence-corrected chi connectivity index (χ3v) is 3.61. The molecule has 0 saturated carbocycles. The number of ether oxygens (including phenoxy) is 1. The Morgan fingerprint density at radius 3 is 1.96 bits per heavy atom. The van der Waals surface area contributed by atoms with Crippen molar-refractivity contribution in [2.24, 2.45) is 0 Å². The van der Waals surface area contributed by atoms with Gasteiger partial charge in [0.05, 0.1) is 6.61 Å². The van der Waals surface area contributed by atoms with E-state index >= 15 is 0 Å². The Morgan fingerprint density at radius 2 is 1.46 bits per heavy atom. The van der Waals surface area contributed by atoms with E-state index in [1.807, 2.05) is 24.3 Å². The fourth-order valence-electron chi connectivity index (χ4n) is 2.26. The lowest BCUT2D eigenvalue weighted by atomic mass is 10.0. The second kappa shape index (κ2) is 7.99. The van der Waals surface area contributed by atoms with Crippen LogP contribution in [0.3, 0.4) is 0 Å². The normalized spacial score (nSPS) is 11.3. The quantitative estimate of drug-likeness (QED) is 0.481. The molecule has 0 aliphatic heterocycles. The largest absolute Gasteiger partial charge is 0.494 e. The molecule has 0 atom stereocenters. The number of hydrogen-bond donors (Lipinski definition) is 0. The van der Waals surface area contributed by atoms with Gasteiger partial charge in [0.1, 0.15) is 5.75 Å². The first-order valence-electron chi connectivity index (χ1n) is 7.86. The summed E-state index contributed by atoms with van der Waals surface area (Å²) in [6.07, 6.45) is -1.58. The molecule has 5 heteroatoms. The molecule has 0 aliphatic carbocycles. The maximum atomic E-state index is 12.4. The first-order chi connectivity index (χ1) is 11.4. The summed E-state index contributed by atoms with van der Waals surface area (Å²) in [6, 6.07) is 12.8. The van der Waals surface area contributed by atoms with E-state index in [9.17, 15) is 18.0 Å². The number of alkyl halides is 3. The maximum absolute atomic E-state index is 12.4. The van der Waals surface area contributed by atoms with E-state index in [0.29, 0.717) is 6.61 Å². The van der Waals surface area contributed by atoms with Gasteiger partial charge >= 0.3 is 6.18 Å². The lowest BCUT2D eigenvalue weighted by Crippen LogP contribution is -2.22. The first-order valence-corrected chi connectivity index (χ1v) is 7.86. The van der Waals surface area contributed by atoms with Crippen molar-refractivity contribution < 1.29 is 22.7 Å². The standard InChI is InChI=1S/C19H19F3O2/c1-2-3-4-13-24-17-11-9-15(10-12-17)14-5-7-16(8-6-14)18(23)19(20,21)22/h5-12H,2-4,13H2,1H3. The molecule has 0 aliphatic rings. The van der Waals surface area contributed by atoms with E-state index in [-0.39, 0.29) is 5.56 Å². The summed E-state index contributed by atoms with van der Waals surface area (Å²) >= 11 is 0. The molecule has 0 saturated heterocycles. The Morgan fingerprint density at radius 1 is 0.917 bits per heavy atom. The molecule has 2 nitrogen and oxygen atoms in total. The van der Waals surface area contributed by atoms with Gasteiger partial charge in [0.2, 0.25) is 0 Å². The number of unbranched alkanes of at least 4 members (excludes halogenated alkanes) is 2. The summed E-state index contributed by atoms with van der Waals surface area (Å²) in [7, 11) is 0. The molecule has 0 spiro atoms. The number of benzene rings is 2. The average molecular weight is 336 g/mol. The van der Waals surface area contributed by atoms with E-state index in [1.54, 1.807) is 0 Å². The molecule has 2 rings (SSSR count). The predicted octanol–water partition coefficient (Wildman–Crippen LogP) is 5.67. The van der Waals surface area contributed by atoms with Crippen LogP contribution in [0.5, 0.6) is 5.75 Å². The minimum atomic E-state index is -4.85. The minimum absolute atomic E-state index is 0.359. The second-order valence-electron chi connectivity index (χ2n) is 5.48. The number of carbonyl (C=O) groups excluding carboxylic acids is 1. The smallest absolute Gasteiger partial charge is 0.454 e. The van der Waals surface area contributed by atoms with Gasteiger partial charge in [0.25, 0.3) is 5.78 Å². The van der Waals surface area contributed by atoms with E-state index in [2.05, 4.69) is 6.92 Å². The summed E-state index contributed by atoms with van der Waals surface area (Å²) in [5.41, 5.74) is 1.23. The maximum Gasteiger partial charge on any atom is 0.454 e. The first kappa shape index (κ1) is 18.0. The van der Waals surface area contributed by atoms with E-state index < -0.39 is 12.0 Å². The summed E-state index contributed by atoms with van der Waals surface area (Å²) in [5.74, 6) is -1.07. The van der Waals surface area contributed by atoms with Crippen LogP contribution in [-0.2, 0) is 0 Å². The molecule has 128 valence electrons.